The summed E-state index contributed by atoms with van der Waals surface area (Å²) >= 11 is 0. The Morgan fingerprint density at radius 2 is 1.94 bits per heavy atom. The van der Waals surface area contributed by atoms with Gasteiger partial charge in [0.15, 0.2) is 0 Å². The molecule has 0 aromatic heterocycles. The van der Waals surface area contributed by atoms with E-state index in [2.05, 4.69) is 56.5 Å². The molecule has 0 bridgehead atoms. The van der Waals surface area contributed by atoms with Gasteiger partial charge in [0, 0.05) is 24.8 Å². The van der Waals surface area contributed by atoms with E-state index in [0.717, 1.165) is 13.1 Å². The highest BCUT2D eigenvalue weighted by Gasteiger charge is 2.64. The summed E-state index contributed by atoms with van der Waals surface area (Å²) in [5.41, 5.74) is 5.06. The zero-order valence-electron chi connectivity index (χ0n) is 11.9. The fourth-order valence-corrected chi connectivity index (χ4v) is 3.39. The molecule has 0 unspecified atom stereocenters. The van der Waals surface area contributed by atoms with Gasteiger partial charge in [0.1, 0.15) is 0 Å². The number of rotatable bonds is 3. The lowest BCUT2D eigenvalue weighted by molar-refractivity contribution is 0.457. The van der Waals surface area contributed by atoms with Gasteiger partial charge in [-0.25, -0.2) is 0 Å². The first-order chi connectivity index (χ1) is 8.43. The molecule has 1 fully saturated rings. The fraction of sp³-hybridized carbons (Fsp3) is 0.625. The van der Waals surface area contributed by atoms with Crippen LogP contribution in [0.1, 0.15) is 38.8 Å². The summed E-state index contributed by atoms with van der Waals surface area (Å²) in [4.78, 5) is 0. The van der Waals surface area contributed by atoms with Crippen molar-refractivity contribution >= 4 is 5.69 Å². The Bertz CT molecular complexity index is 460. The van der Waals surface area contributed by atoms with Gasteiger partial charge in [-0.2, -0.15) is 0 Å². The molecule has 1 aromatic carbocycles. The Kier molecular flexibility index (Phi) is 2.50. The largest absolute Gasteiger partial charge is 0.384 e. The Hall–Kier alpha value is -1.02. The predicted molar refractivity (Wildman–Crippen MR) is 76.8 cm³/mol. The first kappa shape index (κ1) is 12.0. The van der Waals surface area contributed by atoms with Crippen LogP contribution in [-0.2, 0) is 13.0 Å². The van der Waals surface area contributed by atoms with E-state index in [4.69, 9.17) is 0 Å². The monoisotopic (exact) mass is 244 g/mol. The molecule has 0 radical (unpaired) electrons. The van der Waals surface area contributed by atoms with Crippen molar-refractivity contribution in [2.45, 2.75) is 46.7 Å². The van der Waals surface area contributed by atoms with Crippen molar-refractivity contribution in [3.63, 3.8) is 0 Å². The van der Waals surface area contributed by atoms with E-state index >= 15 is 0 Å². The fourth-order valence-electron chi connectivity index (χ4n) is 3.39. The Balaban J connectivity index is 1.65. The van der Waals surface area contributed by atoms with E-state index in [0.29, 0.717) is 16.9 Å². The Labute approximate surface area is 110 Å². The Morgan fingerprint density at radius 1 is 1.22 bits per heavy atom. The highest BCUT2D eigenvalue weighted by atomic mass is 15.0. The molecule has 0 atom stereocenters. The summed E-state index contributed by atoms with van der Waals surface area (Å²) in [6, 6.07) is 7.45. The van der Waals surface area contributed by atoms with Gasteiger partial charge < -0.3 is 10.6 Å². The van der Waals surface area contributed by atoms with Crippen LogP contribution >= 0.6 is 0 Å². The maximum atomic E-state index is 3.72. The van der Waals surface area contributed by atoms with Gasteiger partial charge >= 0.3 is 0 Å². The zero-order chi connectivity index (χ0) is 13.0. The van der Waals surface area contributed by atoms with Crippen LogP contribution in [-0.4, -0.2) is 12.6 Å². The topological polar surface area (TPSA) is 24.1 Å². The lowest BCUT2D eigenvalue weighted by Gasteiger charge is -2.08. The molecule has 2 N–H and O–H groups in total. The van der Waals surface area contributed by atoms with Gasteiger partial charge in [0.25, 0.3) is 0 Å². The number of fused-ring (bicyclic) bond motifs is 1. The van der Waals surface area contributed by atoms with Gasteiger partial charge in [-0.1, -0.05) is 39.8 Å². The second-order valence-corrected chi connectivity index (χ2v) is 6.93. The molecule has 1 aromatic rings. The smallest absolute Gasteiger partial charge is 0.0373 e. The molecule has 0 saturated heterocycles. The summed E-state index contributed by atoms with van der Waals surface area (Å²) in [6.45, 7) is 11.5. The van der Waals surface area contributed by atoms with E-state index in [1.807, 2.05) is 0 Å². The molecule has 0 spiro atoms. The molecule has 1 heterocycles. The lowest BCUT2D eigenvalue weighted by Crippen LogP contribution is -2.21. The molecule has 2 heteroatoms. The molecule has 2 nitrogen and oxygen atoms in total. The van der Waals surface area contributed by atoms with E-state index < -0.39 is 0 Å². The number of hydrogen-bond donors (Lipinski definition) is 2. The molecule has 3 rings (SSSR count). The summed E-state index contributed by atoms with van der Waals surface area (Å²) < 4.78 is 0. The van der Waals surface area contributed by atoms with Crippen LogP contribution in [0.2, 0.25) is 0 Å². The van der Waals surface area contributed by atoms with Crippen molar-refractivity contribution in [2.75, 3.05) is 11.9 Å². The predicted octanol–water partition coefficient (Wildman–Crippen LogP) is 3.18. The molecular formula is C16H24N2. The lowest BCUT2D eigenvalue weighted by atomic mass is 10.0. The van der Waals surface area contributed by atoms with Crippen molar-refractivity contribution < 1.29 is 0 Å². The summed E-state index contributed by atoms with van der Waals surface area (Å²) in [5, 5.41) is 7.13. The highest BCUT2D eigenvalue weighted by molar-refractivity contribution is 5.56. The number of hydrogen-bond acceptors (Lipinski definition) is 2. The van der Waals surface area contributed by atoms with Crippen LogP contribution in [0.5, 0.6) is 0 Å². The minimum atomic E-state index is 0.422. The van der Waals surface area contributed by atoms with Crippen LogP contribution in [0.3, 0.4) is 0 Å². The SMILES string of the molecule is CC1(C)C(NCc2ccc3c(c2)CCN3)C1(C)C. The average Bonchev–Trinajstić information content (AvgIpc) is 2.70. The van der Waals surface area contributed by atoms with Gasteiger partial charge in [-0.15, -0.1) is 0 Å². The summed E-state index contributed by atoms with van der Waals surface area (Å²) in [5.74, 6) is 0. The Morgan fingerprint density at radius 3 is 2.61 bits per heavy atom. The second-order valence-electron chi connectivity index (χ2n) is 6.93. The molecule has 1 saturated carbocycles. The van der Waals surface area contributed by atoms with E-state index in [-0.39, 0.29) is 0 Å². The van der Waals surface area contributed by atoms with E-state index in [1.54, 1.807) is 0 Å². The molecule has 2 aliphatic rings. The molecule has 1 aliphatic carbocycles. The van der Waals surface area contributed by atoms with E-state index in [1.165, 1.54) is 23.2 Å². The standard InChI is InChI=1S/C16H24N2/c1-15(2)14(16(15,3)4)18-10-11-5-6-13-12(9-11)7-8-17-13/h5-6,9,14,17-18H,7-8,10H2,1-4H3. The van der Waals surface area contributed by atoms with Gasteiger partial charge in [0.2, 0.25) is 0 Å². The van der Waals surface area contributed by atoms with Crippen LogP contribution in [0.15, 0.2) is 18.2 Å². The maximum Gasteiger partial charge on any atom is 0.0373 e. The van der Waals surface area contributed by atoms with Gasteiger partial charge in [-0.3, -0.25) is 0 Å². The van der Waals surface area contributed by atoms with Crippen LogP contribution in [0.4, 0.5) is 5.69 Å². The zero-order valence-corrected chi connectivity index (χ0v) is 11.9. The number of benzene rings is 1. The van der Waals surface area contributed by atoms with Crippen LogP contribution in [0, 0.1) is 10.8 Å². The van der Waals surface area contributed by atoms with Crippen LogP contribution < -0.4 is 10.6 Å². The third-order valence-electron chi connectivity index (χ3n) is 5.41. The van der Waals surface area contributed by atoms with Crippen molar-refractivity contribution in [2.24, 2.45) is 10.8 Å². The minimum absolute atomic E-state index is 0.422. The van der Waals surface area contributed by atoms with Crippen molar-refractivity contribution in [1.29, 1.82) is 0 Å². The van der Waals surface area contributed by atoms with Gasteiger partial charge in [-0.05, 0) is 34.4 Å². The first-order valence-corrected chi connectivity index (χ1v) is 7.02. The molecule has 18 heavy (non-hydrogen) atoms. The van der Waals surface area contributed by atoms with Crippen molar-refractivity contribution in [3.05, 3.63) is 29.3 Å². The molecule has 0 amide bonds. The normalized spacial score (nSPS) is 23.6. The van der Waals surface area contributed by atoms with Crippen molar-refractivity contribution in [1.82, 2.24) is 5.32 Å². The molecule has 1 aliphatic heterocycles. The van der Waals surface area contributed by atoms with E-state index in [9.17, 15) is 0 Å². The first-order valence-electron chi connectivity index (χ1n) is 7.02. The third kappa shape index (κ3) is 1.66. The highest BCUT2D eigenvalue weighted by Crippen LogP contribution is 2.62. The minimum Gasteiger partial charge on any atom is -0.384 e. The van der Waals surface area contributed by atoms with Crippen LogP contribution in [0.25, 0.3) is 0 Å². The summed E-state index contributed by atoms with van der Waals surface area (Å²) in [6.07, 6.45) is 1.17. The maximum absolute atomic E-state index is 3.72. The second kappa shape index (κ2) is 3.74. The van der Waals surface area contributed by atoms with Gasteiger partial charge in [0.05, 0.1) is 0 Å². The third-order valence-corrected chi connectivity index (χ3v) is 5.41. The summed E-state index contributed by atoms with van der Waals surface area (Å²) in [7, 11) is 0. The quantitative estimate of drug-likeness (QED) is 0.853. The average molecular weight is 244 g/mol. The molecular weight excluding hydrogens is 220 g/mol. The number of anilines is 1. The van der Waals surface area contributed by atoms with Crippen molar-refractivity contribution in [3.8, 4) is 0 Å². The number of nitrogens with one attached hydrogen (secondary N) is 2. The molecule has 98 valence electrons.